The van der Waals surface area contributed by atoms with E-state index in [9.17, 15) is 19.1 Å². The predicted molar refractivity (Wildman–Crippen MR) is 80.9 cm³/mol. The van der Waals surface area contributed by atoms with Gasteiger partial charge in [-0.1, -0.05) is 30.3 Å². The first-order chi connectivity index (χ1) is 11.0. The maximum absolute atomic E-state index is 12.9. The minimum atomic E-state index is -1.29. The molecule has 0 spiro atoms. The van der Waals surface area contributed by atoms with Crippen LogP contribution in [0.1, 0.15) is 35.3 Å². The molecule has 0 bridgehead atoms. The fourth-order valence-corrected chi connectivity index (χ4v) is 2.40. The first kappa shape index (κ1) is 16.8. The minimum Gasteiger partial charge on any atom is -0.544 e. The Morgan fingerprint density at radius 2 is 1.70 bits per heavy atom. The molecule has 0 saturated heterocycles. The molecule has 0 radical (unpaired) electrons. The highest BCUT2D eigenvalue weighted by molar-refractivity contribution is 5.98. The van der Waals surface area contributed by atoms with E-state index >= 15 is 0 Å². The third-order valence-electron chi connectivity index (χ3n) is 3.72. The van der Waals surface area contributed by atoms with E-state index in [1.54, 1.807) is 5.32 Å². The fraction of sp³-hybridized carbons (Fsp3) is 0.222. The largest absolute Gasteiger partial charge is 0.544 e. The number of nitrogens with two attached hydrogens (primary N) is 1. The Labute approximate surface area is 134 Å². The van der Waals surface area contributed by atoms with Gasteiger partial charge in [-0.3, -0.25) is 4.79 Å². The van der Waals surface area contributed by atoms with Gasteiger partial charge in [-0.05, 0) is 31.2 Å². The first-order valence-electron chi connectivity index (χ1n) is 7.37. The van der Waals surface area contributed by atoms with Gasteiger partial charge in [-0.25, -0.2) is 4.39 Å². The van der Waals surface area contributed by atoms with E-state index in [0.29, 0.717) is 5.56 Å². The topological polar surface area (TPSA) is 73.8 Å². The van der Waals surface area contributed by atoms with Gasteiger partial charge in [0.2, 0.25) is 0 Å². The second-order valence-electron chi connectivity index (χ2n) is 5.45. The number of rotatable bonds is 7. The number of carbonyl (C=O) groups excluding carboxylic acids is 2. The van der Waals surface area contributed by atoms with E-state index in [2.05, 4.69) is 0 Å². The molecule has 5 heteroatoms. The van der Waals surface area contributed by atoms with E-state index in [4.69, 9.17) is 0 Å². The van der Waals surface area contributed by atoms with Crippen molar-refractivity contribution in [3.63, 3.8) is 0 Å². The van der Waals surface area contributed by atoms with Crippen LogP contribution in [0.3, 0.4) is 0 Å². The third kappa shape index (κ3) is 4.72. The summed E-state index contributed by atoms with van der Waals surface area (Å²) in [7, 11) is 0. The predicted octanol–water partition coefficient (Wildman–Crippen LogP) is 0.842. The Kier molecular flexibility index (Phi) is 5.60. The molecule has 0 aliphatic rings. The summed E-state index contributed by atoms with van der Waals surface area (Å²) in [6.45, 7) is 1.87. The number of quaternary nitrogens is 1. The van der Waals surface area contributed by atoms with Crippen molar-refractivity contribution < 1.29 is 24.4 Å². The number of carbonyl (C=O) groups is 2. The molecule has 0 heterocycles. The van der Waals surface area contributed by atoms with Crippen molar-refractivity contribution >= 4 is 11.8 Å². The number of ketones is 1. The average Bonchev–Trinajstić information content (AvgIpc) is 2.55. The van der Waals surface area contributed by atoms with Crippen LogP contribution in [0.4, 0.5) is 4.39 Å². The molecule has 0 saturated carbocycles. The molecule has 4 nitrogen and oxygen atoms in total. The van der Waals surface area contributed by atoms with Crippen molar-refractivity contribution in [2.75, 3.05) is 0 Å². The van der Waals surface area contributed by atoms with Crippen LogP contribution < -0.4 is 10.4 Å². The van der Waals surface area contributed by atoms with Gasteiger partial charge < -0.3 is 15.2 Å². The number of carboxylic acid groups (broad SMARTS) is 1. The van der Waals surface area contributed by atoms with Crippen LogP contribution in [-0.2, 0) is 4.79 Å². The molecule has 0 amide bonds. The Hall–Kier alpha value is -2.53. The molecule has 23 heavy (non-hydrogen) atoms. The van der Waals surface area contributed by atoms with Crippen molar-refractivity contribution in [1.29, 1.82) is 0 Å². The molecule has 2 N–H and O–H groups in total. The highest BCUT2D eigenvalue weighted by Crippen LogP contribution is 2.09. The maximum atomic E-state index is 12.9. The van der Waals surface area contributed by atoms with E-state index < -0.39 is 17.8 Å². The molecule has 2 aromatic carbocycles. The highest BCUT2D eigenvalue weighted by atomic mass is 19.1. The van der Waals surface area contributed by atoms with Gasteiger partial charge in [-0.15, -0.1) is 0 Å². The summed E-state index contributed by atoms with van der Waals surface area (Å²) < 4.78 is 12.9. The van der Waals surface area contributed by atoms with E-state index in [0.717, 1.165) is 5.56 Å². The summed E-state index contributed by atoms with van der Waals surface area (Å²) in [6.07, 6.45) is -0.203. The van der Waals surface area contributed by atoms with Crippen molar-refractivity contribution in [1.82, 2.24) is 0 Å². The quantitative estimate of drug-likeness (QED) is 0.770. The molecular formula is C18H18FNO3. The number of aliphatic carboxylic acids is 1. The fourth-order valence-electron chi connectivity index (χ4n) is 2.40. The first-order valence-corrected chi connectivity index (χ1v) is 7.37. The molecule has 2 aromatic rings. The summed E-state index contributed by atoms with van der Waals surface area (Å²) in [4.78, 5) is 23.5. The van der Waals surface area contributed by atoms with Gasteiger partial charge in [0.15, 0.2) is 5.78 Å². The zero-order chi connectivity index (χ0) is 16.8. The molecule has 120 valence electrons. The number of benzene rings is 2. The van der Waals surface area contributed by atoms with Gasteiger partial charge in [0.05, 0.1) is 12.4 Å². The number of carboxylic acids is 1. The lowest BCUT2D eigenvalue weighted by atomic mass is 10.0. The maximum Gasteiger partial charge on any atom is 0.169 e. The molecule has 0 aliphatic heterocycles. The molecule has 2 atom stereocenters. The van der Waals surface area contributed by atoms with Crippen molar-refractivity contribution in [3.8, 4) is 0 Å². The van der Waals surface area contributed by atoms with Crippen LogP contribution in [0, 0.1) is 5.82 Å². The molecule has 2 rings (SSSR count). The standard InChI is InChI=1S/C18H18FNO3/c1-12(13-5-3-2-4-6-13)20-16(18(22)23)11-17(21)14-7-9-15(19)10-8-14/h2-10,12,16,20H,11H2,1H3,(H,22,23)/t12-,16-/m1/s1. The van der Waals surface area contributed by atoms with Crippen LogP contribution in [-0.4, -0.2) is 17.8 Å². The molecule has 0 fully saturated rings. The zero-order valence-corrected chi connectivity index (χ0v) is 12.7. The van der Waals surface area contributed by atoms with E-state index in [1.165, 1.54) is 24.3 Å². The van der Waals surface area contributed by atoms with E-state index in [-0.39, 0.29) is 18.2 Å². The van der Waals surface area contributed by atoms with Crippen molar-refractivity contribution in [2.45, 2.75) is 25.4 Å². The monoisotopic (exact) mass is 315 g/mol. The highest BCUT2D eigenvalue weighted by Gasteiger charge is 2.22. The minimum absolute atomic E-state index is 0.125. The van der Waals surface area contributed by atoms with Crippen LogP contribution in [0.2, 0.25) is 0 Å². The third-order valence-corrected chi connectivity index (χ3v) is 3.72. The molecule has 0 unspecified atom stereocenters. The Morgan fingerprint density at radius 1 is 1.09 bits per heavy atom. The number of hydrogen-bond acceptors (Lipinski definition) is 3. The van der Waals surface area contributed by atoms with Gasteiger partial charge >= 0.3 is 0 Å². The number of hydrogen-bond donors (Lipinski definition) is 1. The second-order valence-corrected chi connectivity index (χ2v) is 5.45. The van der Waals surface area contributed by atoms with Crippen LogP contribution >= 0.6 is 0 Å². The summed E-state index contributed by atoms with van der Waals surface area (Å²) in [6, 6.07) is 13.4. The Bertz CT molecular complexity index is 670. The average molecular weight is 315 g/mol. The van der Waals surface area contributed by atoms with Gasteiger partial charge in [0.25, 0.3) is 0 Å². The van der Waals surface area contributed by atoms with Crippen LogP contribution in [0.15, 0.2) is 54.6 Å². The molecule has 0 aromatic heterocycles. The normalized spacial score (nSPS) is 13.3. The summed E-state index contributed by atoms with van der Waals surface area (Å²) in [5.41, 5.74) is 1.26. The van der Waals surface area contributed by atoms with Gasteiger partial charge in [0.1, 0.15) is 17.9 Å². The number of halogens is 1. The van der Waals surface area contributed by atoms with Crippen LogP contribution in [0.5, 0.6) is 0 Å². The lowest BCUT2D eigenvalue weighted by Gasteiger charge is -2.20. The summed E-state index contributed by atoms with van der Waals surface area (Å²) in [5, 5.41) is 12.9. The summed E-state index contributed by atoms with van der Waals surface area (Å²) in [5.74, 6) is -2.08. The van der Waals surface area contributed by atoms with Gasteiger partial charge in [0, 0.05) is 11.1 Å². The molecule has 0 aliphatic carbocycles. The Balaban J connectivity index is 2.05. The summed E-state index contributed by atoms with van der Waals surface area (Å²) >= 11 is 0. The van der Waals surface area contributed by atoms with Crippen LogP contribution in [0.25, 0.3) is 0 Å². The smallest absolute Gasteiger partial charge is 0.169 e. The van der Waals surface area contributed by atoms with E-state index in [1.807, 2.05) is 37.3 Å². The van der Waals surface area contributed by atoms with Gasteiger partial charge in [-0.2, -0.15) is 0 Å². The Morgan fingerprint density at radius 3 is 2.26 bits per heavy atom. The molecular weight excluding hydrogens is 297 g/mol. The SMILES string of the molecule is C[C@@H]([NH2+][C@H](CC(=O)c1ccc(F)cc1)C(=O)[O-])c1ccccc1. The zero-order valence-electron chi connectivity index (χ0n) is 12.7. The number of Topliss-reactive ketones (excluding diaryl/α,β-unsaturated/α-hetero) is 1. The van der Waals surface area contributed by atoms with Crippen molar-refractivity contribution in [2.24, 2.45) is 0 Å². The lowest BCUT2D eigenvalue weighted by molar-refractivity contribution is -0.717. The lowest BCUT2D eigenvalue weighted by Crippen LogP contribution is -2.93. The van der Waals surface area contributed by atoms with Crippen molar-refractivity contribution in [3.05, 3.63) is 71.5 Å². The second kappa shape index (κ2) is 7.65.